The van der Waals surface area contributed by atoms with Crippen LogP contribution in [0, 0.1) is 0 Å². The van der Waals surface area contributed by atoms with E-state index in [1.165, 1.54) is 56.3 Å². The predicted octanol–water partition coefficient (Wildman–Crippen LogP) is 5.71. The maximum atomic E-state index is 10.1. The molecular formula is C27H39ClN2O2. The minimum atomic E-state index is 0.147. The van der Waals surface area contributed by atoms with Crippen molar-refractivity contribution in [1.29, 1.82) is 0 Å². The summed E-state index contributed by atoms with van der Waals surface area (Å²) >= 11 is 5.96. The first-order valence-electron chi connectivity index (χ1n) is 12.3. The van der Waals surface area contributed by atoms with Crippen LogP contribution in [0.5, 0.6) is 11.5 Å². The predicted molar refractivity (Wildman–Crippen MR) is 134 cm³/mol. The Labute approximate surface area is 198 Å². The van der Waals surface area contributed by atoms with Crippen molar-refractivity contribution < 1.29 is 10.2 Å². The summed E-state index contributed by atoms with van der Waals surface area (Å²) in [5, 5.41) is 23.5. The highest BCUT2D eigenvalue weighted by Gasteiger charge is 2.24. The van der Waals surface area contributed by atoms with Crippen molar-refractivity contribution in [1.82, 2.24) is 10.2 Å². The zero-order valence-corrected chi connectivity index (χ0v) is 20.2. The molecule has 32 heavy (non-hydrogen) atoms. The first kappa shape index (κ1) is 24.9. The molecule has 5 heteroatoms. The van der Waals surface area contributed by atoms with Gasteiger partial charge in [-0.3, -0.25) is 0 Å². The number of aromatic hydroxyl groups is 2. The number of unbranched alkanes of at least 4 members (excludes halogenated alkanes) is 3. The largest absolute Gasteiger partial charge is 0.508 e. The molecule has 0 spiro atoms. The van der Waals surface area contributed by atoms with Crippen LogP contribution < -0.4 is 5.32 Å². The van der Waals surface area contributed by atoms with Crippen molar-refractivity contribution in [3.8, 4) is 11.5 Å². The van der Waals surface area contributed by atoms with E-state index in [1.807, 2.05) is 24.3 Å². The average Bonchev–Trinajstić information content (AvgIpc) is 2.79. The molecule has 2 aromatic rings. The van der Waals surface area contributed by atoms with Crippen molar-refractivity contribution >= 4 is 11.6 Å². The Balaban J connectivity index is 1.28. The van der Waals surface area contributed by atoms with E-state index in [1.54, 1.807) is 6.07 Å². The molecule has 0 amide bonds. The van der Waals surface area contributed by atoms with E-state index in [-0.39, 0.29) is 5.75 Å². The van der Waals surface area contributed by atoms with Crippen molar-refractivity contribution in [2.24, 2.45) is 0 Å². The third-order valence-corrected chi connectivity index (χ3v) is 6.91. The zero-order chi connectivity index (χ0) is 22.8. The van der Waals surface area contributed by atoms with Crippen LogP contribution in [0.1, 0.15) is 62.1 Å². The highest BCUT2D eigenvalue weighted by Crippen LogP contribution is 2.31. The average molecular weight is 459 g/mol. The lowest BCUT2D eigenvalue weighted by atomic mass is 9.86. The van der Waals surface area contributed by atoms with Crippen LogP contribution >= 0.6 is 11.6 Å². The molecule has 0 fully saturated rings. The van der Waals surface area contributed by atoms with Gasteiger partial charge in [-0.15, -0.1) is 0 Å². The van der Waals surface area contributed by atoms with Gasteiger partial charge >= 0.3 is 0 Å². The summed E-state index contributed by atoms with van der Waals surface area (Å²) in [7, 11) is 0. The molecule has 4 nitrogen and oxygen atoms in total. The molecule has 1 atom stereocenters. The molecule has 0 aliphatic heterocycles. The first-order valence-corrected chi connectivity index (χ1v) is 12.7. The fourth-order valence-corrected chi connectivity index (χ4v) is 5.03. The summed E-state index contributed by atoms with van der Waals surface area (Å²) in [5.74, 6) is 0.622. The van der Waals surface area contributed by atoms with Crippen molar-refractivity contribution in [2.45, 2.75) is 70.8 Å². The Bertz CT molecular complexity index is 842. The normalized spacial score (nSPS) is 15.8. The smallest absolute Gasteiger partial charge is 0.134 e. The van der Waals surface area contributed by atoms with E-state index < -0.39 is 0 Å². The molecule has 0 aromatic heterocycles. The molecule has 3 rings (SSSR count). The van der Waals surface area contributed by atoms with Gasteiger partial charge in [0.25, 0.3) is 0 Å². The Morgan fingerprint density at radius 3 is 2.66 bits per heavy atom. The Morgan fingerprint density at radius 2 is 1.84 bits per heavy atom. The van der Waals surface area contributed by atoms with Crippen LogP contribution in [0.15, 0.2) is 36.4 Å². The van der Waals surface area contributed by atoms with E-state index in [9.17, 15) is 10.2 Å². The molecule has 0 radical (unpaired) electrons. The second-order valence-corrected chi connectivity index (χ2v) is 9.45. The Kier molecular flexibility index (Phi) is 10.2. The molecule has 1 aliphatic rings. The summed E-state index contributed by atoms with van der Waals surface area (Å²) < 4.78 is 0. The van der Waals surface area contributed by atoms with Crippen LogP contribution in [-0.2, 0) is 19.3 Å². The van der Waals surface area contributed by atoms with Gasteiger partial charge in [-0.2, -0.15) is 0 Å². The standard InChI is InChI=1S/C27H39ClN2O2/c1-2-17-30(23-11-12-24-22(20-23)8-7-9-26(24)31)18-6-4-3-5-15-29-16-14-21-10-13-27(32)25(28)19-21/h7-10,13,19,23,29,31-32H,2-6,11-12,14-18,20H2,1H3. The van der Waals surface area contributed by atoms with Crippen molar-refractivity contribution in [3.05, 3.63) is 58.1 Å². The number of benzene rings is 2. The van der Waals surface area contributed by atoms with Crippen LogP contribution in [-0.4, -0.2) is 47.3 Å². The minimum Gasteiger partial charge on any atom is -0.508 e. The molecule has 0 saturated carbocycles. The zero-order valence-electron chi connectivity index (χ0n) is 19.5. The SMILES string of the molecule is CCCN(CCCCCCNCCc1ccc(O)c(Cl)c1)C1CCc2c(O)cccc2C1. The molecule has 0 heterocycles. The molecule has 0 bridgehead atoms. The molecule has 0 saturated heterocycles. The Morgan fingerprint density at radius 1 is 1.00 bits per heavy atom. The van der Waals surface area contributed by atoms with Gasteiger partial charge in [-0.1, -0.05) is 49.6 Å². The Hall–Kier alpha value is -1.75. The summed E-state index contributed by atoms with van der Waals surface area (Å²) in [4.78, 5) is 2.69. The molecule has 176 valence electrons. The lowest BCUT2D eigenvalue weighted by Gasteiger charge is -2.35. The maximum absolute atomic E-state index is 10.1. The van der Waals surface area contributed by atoms with Gasteiger partial charge in [0.2, 0.25) is 0 Å². The monoisotopic (exact) mass is 458 g/mol. The fraction of sp³-hybridized carbons (Fsp3) is 0.556. The lowest BCUT2D eigenvalue weighted by molar-refractivity contribution is 0.175. The third-order valence-electron chi connectivity index (χ3n) is 6.61. The van der Waals surface area contributed by atoms with Crippen LogP contribution in [0.2, 0.25) is 5.02 Å². The van der Waals surface area contributed by atoms with Gasteiger partial charge in [-0.25, -0.2) is 0 Å². The summed E-state index contributed by atoms with van der Waals surface area (Å²) in [5.41, 5.74) is 3.65. The topological polar surface area (TPSA) is 55.7 Å². The van der Waals surface area contributed by atoms with Crippen molar-refractivity contribution in [3.63, 3.8) is 0 Å². The molecule has 3 N–H and O–H groups in total. The van der Waals surface area contributed by atoms with E-state index in [0.29, 0.717) is 16.8 Å². The molecule has 2 aromatic carbocycles. The van der Waals surface area contributed by atoms with Crippen LogP contribution in [0.4, 0.5) is 0 Å². The quantitative estimate of drug-likeness (QED) is 0.336. The highest BCUT2D eigenvalue weighted by atomic mass is 35.5. The third kappa shape index (κ3) is 7.40. The van der Waals surface area contributed by atoms with Gasteiger partial charge in [0.1, 0.15) is 11.5 Å². The lowest BCUT2D eigenvalue weighted by Crippen LogP contribution is -2.40. The van der Waals surface area contributed by atoms with Crippen molar-refractivity contribution in [2.75, 3.05) is 26.2 Å². The summed E-state index contributed by atoms with van der Waals surface area (Å²) in [6, 6.07) is 12.0. The van der Waals surface area contributed by atoms with Gasteiger partial charge in [-0.05, 0) is 106 Å². The van der Waals surface area contributed by atoms with Gasteiger partial charge in [0, 0.05) is 6.04 Å². The fourth-order valence-electron chi connectivity index (χ4n) is 4.83. The first-order chi connectivity index (χ1) is 15.6. The molecular weight excluding hydrogens is 420 g/mol. The van der Waals surface area contributed by atoms with Gasteiger partial charge in [0.05, 0.1) is 5.02 Å². The number of hydrogen-bond acceptors (Lipinski definition) is 4. The summed E-state index contributed by atoms with van der Waals surface area (Å²) in [6.07, 6.45) is 10.3. The second kappa shape index (κ2) is 13.1. The van der Waals surface area contributed by atoms with Crippen LogP contribution in [0.25, 0.3) is 0 Å². The second-order valence-electron chi connectivity index (χ2n) is 9.05. The number of nitrogens with zero attached hydrogens (tertiary/aromatic N) is 1. The number of hydrogen-bond donors (Lipinski definition) is 3. The number of fused-ring (bicyclic) bond motifs is 1. The van der Waals surface area contributed by atoms with Crippen LogP contribution in [0.3, 0.4) is 0 Å². The molecule has 1 unspecified atom stereocenters. The maximum Gasteiger partial charge on any atom is 0.134 e. The van der Waals surface area contributed by atoms with E-state index in [0.717, 1.165) is 44.3 Å². The van der Waals surface area contributed by atoms with E-state index in [4.69, 9.17) is 11.6 Å². The molecule has 1 aliphatic carbocycles. The van der Waals surface area contributed by atoms with E-state index in [2.05, 4.69) is 23.2 Å². The summed E-state index contributed by atoms with van der Waals surface area (Å²) in [6.45, 7) is 6.61. The van der Waals surface area contributed by atoms with Gasteiger partial charge < -0.3 is 20.4 Å². The van der Waals surface area contributed by atoms with Gasteiger partial charge in [0.15, 0.2) is 0 Å². The highest BCUT2D eigenvalue weighted by molar-refractivity contribution is 6.32. The number of nitrogens with one attached hydrogen (secondary N) is 1. The van der Waals surface area contributed by atoms with E-state index >= 15 is 0 Å². The number of halogens is 1. The number of phenolic OH excluding ortho intramolecular Hbond substituents is 2. The number of rotatable bonds is 13. The minimum absolute atomic E-state index is 0.147. The number of phenols is 2.